The van der Waals surface area contributed by atoms with Crippen LogP contribution in [0.15, 0.2) is 6.07 Å². The van der Waals surface area contributed by atoms with Gasteiger partial charge in [0.2, 0.25) is 0 Å². The van der Waals surface area contributed by atoms with Crippen LogP contribution in [-0.4, -0.2) is 48.6 Å². The molecule has 2 rings (SSSR count). The Hall–Kier alpha value is -1.36. The summed E-state index contributed by atoms with van der Waals surface area (Å²) in [6, 6.07) is 1.98. The maximum Gasteiger partial charge on any atom is 0.132 e. The minimum absolute atomic E-state index is 0.719. The Bertz CT molecular complexity index is 385. The largest absolute Gasteiger partial charge is 0.373 e. The van der Waals surface area contributed by atoms with Gasteiger partial charge in [0, 0.05) is 32.6 Å². The van der Waals surface area contributed by atoms with Crippen LogP contribution in [0, 0.1) is 5.92 Å². The molecule has 106 valence electrons. The van der Waals surface area contributed by atoms with Crippen LogP contribution in [0.2, 0.25) is 0 Å². The second kappa shape index (κ2) is 6.70. The van der Waals surface area contributed by atoms with Gasteiger partial charge in [0.05, 0.1) is 0 Å². The van der Waals surface area contributed by atoms with Crippen LogP contribution < -0.4 is 10.6 Å². The molecule has 0 aromatic carbocycles. The summed E-state index contributed by atoms with van der Waals surface area (Å²) in [6.07, 6.45) is 3.47. The summed E-state index contributed by atoms with van der Waals surface area (Å²) in [4.78, 5) is 11.3. The summed E-state index contributed by atoms with van der Waals surface area (Å²) < 4.78 is 0. The second-order valence-corrected chi connectivity index (χ2v) is 5.31. The van der Waals surface area contributed by atoms with Crippen LogP contribution >= 0.6 is 0 Å². The van der Waals surface area contributed by atoms with Crippen LogP contribution in [0.5, 0.6) is 0 Å². The molecule has 0 radical (unpaired) electrons. The fourth-order valence-electron chi connectivity index (χ4n) is 2.56. The highest BCUT2D eigenvalue weighted by atomic mass is 15.1. The van der Waals surface area contributed by atoms with Crippen LogP contribution in [0.4, 0.5) is 11.6 Å². The normalized spacial score (nSPS) is 20.3. The monoisotopic (exact) mass is 263 g/mol. The van der Waals surface area contributed by atoms with Crippen LogP contribution in [0.1, 0.15) is 25.6 Å². The fraction of sp³-hybridized carbons (Fsp3) is 0.714. The molecule has 0 spiro atoms. The van der Waals surface area contributed by atoms with Crippen LogP contribution in [0.3, 0.4) is 0 Å². The number of likely N-dealkylation sites (tertiary alicyclic amines) is 1. The van der Waals surface area contributed by atoms with E-state index in [1.807, 2.05) is 13.1 Å². The molecule has 5 nitrogen and oxygen atoms in total. The van der Waals surface area contributed by atoms with Gasteiger partial charge in [0.15, 0.2) is 0 Å². The van der Waals surface area contributed by atoms with E-state index >= 15 is 0 Å². The van der Waals surface area contributed by atoms with E-state index in [1.165, 1.54) is 25.9 Å². The molecule has 2 heterocycles. The molecule has 19 heavy (non-hydrogen) atoms. The van der Waals surface area contributed by atoms with Crippen molar-refractivity contribution >= 4 is 11.6 Å². The van der Waals surface area contributed by atoms with Gasteiger partial charge < -0.3 is 15.5 Å². The lowest BCUT2D eigenvalue weighted by molar-refractivity contribution is 0.217. The average Bonchev–Trinajstić information content (AvgIpc) is 2.44. The van der Waals surface area contributed by atoms with Crippen molar-refractivity contribution in [2.75, 3.05) is 44.4 Å². The van der Waals surface area contributed by atoms with Crippen LogP contribution in [-0.2, 0) is 6.42 Å². The van der Waals surface area contributed by atoms with E-state index in [0.29, 0.717) is 0 Å². The molecule has 1 aliphatic rings. The smallest absolute Gasteiger partial charge is 0.132 e. The van der Waals surface area contributed by atoms with Crippen molar-refractivity contribution in [2.45, 2.75) is 26.2 Å². The molecule has 0 saturated carbocycles. The summed E-state index contributed by atoms with van der Waals surface area (Å²) in [6.45, 7) is 5.48. The number of nitrogens with zero attached hydrogens (tertiary/aromatic N) is 3. The molecular formula is C14H25N5. The number of anilines is 2. The number of hydrogen-bond acceptors (Lipinski definition) is 5. The molecule has 1 saturated heterocycles. The van der Waals surface area contributed by atoms with Crippen LogP contribution in [0.25, 0.3) is 0 Å². The zero-order valence-corrected chi connectivity index (χ0v) is 12.2. The zero-order valence-electron chi connectivity index (χ0n) is 12.2. The molecule has 1 atom stereocenters. The van der Waals surface area contributed by atoms with Gasteiger partial charge in [-0.15, -0.1) is 0 Å². The molecule has 1 unspecified atom stereocenters. The predicted octanol–water partition coefficient (Wildman–Crippen LogP) is 1.83. The Labute approximate surface area is 115 Å². The summed E-state index contributed by atoms with van der Waals surface area (Å²) in [7, 11) is 4.09. The first-order valence-electron chi connectivity index (χ1n) is 7.19. The van der Waals surface area contributed by atoms with Gasteiger partial charge in [0.25, 0.3) is 0 Å². The Balaban J connectivity index is 1.94. The van der Waals surface area contributed by atoms with Crippen molar-refractivity contribution in [3.63, 3.8) is 0 Å². The Morgan fingerprint density at radius 2 is 2.16 bits per heavy atom. The molecule has 1 aromatic rings. The molecule has 1 fully saturated rings. The number of nitrogens with one attached hydrogen (secondary N) is 2. The summed E-state index contributed by atoms with van der Waals surface area (Å²) >= 11 is 0. The Kier molecular flexibility index (Phi) is 4.96. The molecular weight excluding hydrogens is 238 g/mol. The van der Waals surface area contributed by atoms with Gasteiger partial charge in [-0.2, -0.15) is 0 Å². The maximum atomic E-state index is 4.53. The number of rotatable bonds is 5. The van der Waals surface area contributed by atoms with Crippen molar-refractivity contribution in [3.05, 3.63) is 11.9 Å². The summed E-state index contributed by atoms with van der Waals surface area (Å²) in [5, 5.41) is 6.55. The van der Waals surface area contributed by atoms with E-state index in [0.717, 1.165) is 36.3 Å². The lowest BCUT2D eigenvalue weighted by Crippen LogP contribution is -2.35. The SMILES string of the molecule is CCc1nc(NC)cc(NCC2CCCN(C)C2)n1. The highest BCUT2D eigenvalue weighted by Crippen LogP contribution is 2.17. The topological polar surface area (TPSA) is 53.1 Å². The standard InChI is InChI=1S/C14H25N5/c1-4-12-17-13(15-2)8-14(18-12)16-9-11-6-5-7-19(3)10-11/h8,11H,4-7,9-10H2,1-3H3,(H2,15,16,17,18). The van der Waals surface area contributed by atoms with Gasteiger partial charge in [-0.05, 0) is 32.4 Å². The van der Waals surface area contributed by atoms with E-state index in [1.54, 1.807) is 0 Å². The van der Waals surface area contributed by atoms with E-state index in [4.69, 9.17) is 0 Å². The third-order valence-electron chi connectivity index (χ3n) is 3.64. The highest BCUT2D eigenvalue weighted by molar-refractivity contribution is 5.47. The molecule has 0 aliphatic carbocycles. The number of aryl methyl sites for hydroxylation is 1. The highest BCUT2D eigenvalue weighted by Gasteiger charge is 2.17. The summed E-state index contributed by atoms with van der Waals surface area (Å²) in [5.74, 6) is 3.42. The first kappa shape index (κ1) is 14.1. The quantitative estimate of drug-likeness (QED) is 0.849. The first-order valence-corrected chi connectivity index (χ1v) is 7.19. The number of hydrogen-bond donors (Lipinski definition) is 2. The lowest BCUT2D eigenvalue weighted by Gasteiger charge is -2.29. The molecule has 0 bridgehead atoms. The third kappa shape index (κ3) is 4.06. The number of piperidine rings is 1. The van der Waals surface area contributed by atoms with Crippen molar-refractivity contribution < 1.29 is 0 Å². The first-order chi connectivity index (χ1) is 9.21. The Morgan fingerprint density at radius 1 is 1.37 bits per heavy atom. The van der Waals surface area contributed by atoms with Gasteiger partial charge in [0.1, 0.15) is 17.5 Å². The predicted molar refractivity (Wildman–Crippen MR) is 79.7 cm³/mol. The van der Waals surface area contributed by atoms with Crippen molar-refractivity contribution in [3.8, 4) is 0 Å². The molecule has 2 N–H and O–H groups in total. The van der Waals surface area contributed by atoms with Crippen molar-refractivity contribution in [2.24, 2.45) is 5.92 Å². The third-order valence-corrected chi connectivity index (χ3v) is 3.64. The molecule has 1 aromatic heterocycles. The zero-order chi connectivity index (χ0) is 13.7. The molecule has 1 aliphatic heterocycles. The number of aromatic nitrogens is 2. The van der Waals surface area contributed by atoms with Gasteiger partial charge in [-0.3, -0.25) is 0 Å². The molecule has 5 heteroatoms. The van der Waals surface area contributed by atoms with Crippen molar-refractivity contribution in [1.82, 2.24) is 14.9 Å². The van der Waals surface area contributed by atoms with Gasteiger partial charge >= 0.3 is 0 Å². The van der Waals surface area contributed by atoms with E-state index in [2.05, 4.69) is 39.5 Å². The van der Waals surface area contributed by atoms with E-state index < -0.39 is 0 Å². The van der Waals surface area contributed by atoms with Crippen molar-refractivity contribution in [1.29, 1.82) is 0 Å². The van der Waals surface area contributed by atoms with E-state index in [-0.39, 0.29) is 0 Å². The minimum Gasteiger partial charge on any atom is -0.373 e. The lowest BCUT2D eigenvalue weighted by atomic mass is 9.98. The summed E-state index contributed by atoms with van der Waals surface area (Å²) in [5.41, 5.74) is 0. The minimum atomic E-state index is 0.719. The van der Waals surface area contributed by atoms with Gasteiger partial charge in [-0.25, -0.2) is 9.97 Å². The maximum absolute atomic E-state index is 4.53. The second-order valence-electron chi connectivity index (χ2n) is 5.31. The molecule has 0 amide bonds. The Morgan fingerprint density at radius 3 is 2.84 bits per heavy atom. The fourth-order valence-corrected chi connectivity index (χ4v) is 2.56. The average molecular weight is 263 g/mol. The van der Waals surface area contributed by atoms with E-state index in [9.17, 15) is 0 Å². The van der Waals surface area contributed by atoms with Gasteiger partial charge in [-0.1, -0.05) is 6.92 Å².